The van der Waals surface area contributed by atoms with Gasteiger partial charge < -0.3 is 19.5 Å². The van der Waals surface area contributed by atoms with Crippen LogP contribution in [0.3, 0.4) is 0 Å². The summed E-state index contributed by atoms with van der Waals surface area (Å²) >= 11 is 0. The third kappa shape index (κ3) is 23.5. The summed E-state index contributed by atoms with van der Waals surface area (Å²) in [6.07, 6.45) is 42.5. The fraction of sp³-hybridized carbons (Fsp3) is 0.639. The topological polar surface area (TPSA) is 107 Å². The summed E-state index contributed by atoms with van der Waals surface area (Å²) in [5, 5.41) is 20.6. The normalized spacial score (nSPS) is 11.3. The number of ether oxygens (including phenoxy) is 2. The Hall–Kier alpha value is -4.66. The van der Waals surface area contributed by atoms with Crippen LogP contribution >= 0.6 is 0 Å². The fourth-order valence-corrected chi connectivity index (χ4v) is 9.40. The zero-order chi connectivity index (χ0) is 49.9. The van der Waals surface area contributed by atoms with Crippen molar-refractivity contribution < 1.29 is 24.2 Å². The molecule has 1 aromatic heterocycles. The Morgan fingerprint density at radius 1 is 0.543 bits per heavy atom. The highest BCUT2D eigenvalue weighted by atomic mass is 16.6. The van der Waals surface area contributed by atoms with Crippen LogP contribution in [0.5, 0.6) is 5.75 Å². The van der Waals surface area contributed by atoms with Crippen molar-refractivity contribution in [1.29, 1.82) is 0 Å². The average molecular weight is 963 g/mol. The zero-order valence-corrected chi connectivity index (χ0v) is 44.5. The molecule has 3 aromatic carbocycles. The van der Waals surface area contributed by atoms with Gasteiger partial charge in [0.2, 0.25) is 0 Å². The highest BCUT2D eigenvalue weighted by molar-refractivity contribution is 6.17. The molecule has 9 nitrogen and oxygen atoms in total. The Morgan fingerprint density at radius 2 is 0.914 bits per heavy atom. The van der Waals surface area contributed by atoms with E-state index >= 15 is 0 Å². The number of phenols is 1. The largest absolute Gasteiger partial charge is 0.505 e. The molecule has 1 heterocycles. The molecule has 0 aliphatic carbocycles. The van der Waals surface area contributed by atoms with Crippen molar-refractivity contribution in [2.75, 3.05) is 25.2 Å². The van der Waals surface area contributed by atoms with E-state index in [4.69, 9.17) is 9.47 Å². The molecule has 388 valence electrons. The Balaban J connectivity index is 1.22. The molecule has 0 fully saturated rings. The van der Waals surface area contributed by atoms with Gasteiger partial charge >= 0.3 is 11.9 Å². The van der Waals surface area contributed by atoms with E-state index in [1.54, 1.807) is 6.08 Å². The molecule has 0 amide bonds. The number of aryl methyl sites for hydroxylation is 1. The van der Waals surface area contributed by atoms with Crippen LogP contribution in [-0.4, -0.2) is 52.3 Å². The van der Waals surface area contributed by atoms with Crippen molar-refractivity contribution in [2.45, 2.75) is 233 Å². The Bertz CT molecular complexity index is 1960. The Kier molecular flexibility index (Phi) is 30.0. The lowest BCUT2D eigenvalue weighted by Crippen LogP contribution is -2.19. The summed E-state index contributed by atoms with van der Waals surface area (Å²) in [6, 6.07) is 19.2. The number of carbonyl (C=O) groups is 2. The van der Waals surface area contributed by atoms with Gasteiger partial charge in [-0.15, -0.1) is 15.0 Å². The maximum atomic E-state index is 13.5. The van der Waals surface area contributed by atoms with E-state index < -0.39 is 11.9 Å². The zero-order valence-electron chi connectivity index (χ0n) is 44.5. The van der Waals surface area contributed by atoms with Crippen LogP contribution in [0.2, 0.25) is 0 Å². The second-order valence-corrected chi connectivity index (χ2v) is 20.2. The van der Waals surface area contributed by atoms with E-state index in [1.807, 2.05) is 79.5 Å². The van der Waals surface area contributed by atoms with E-state index in [2.05, 4.69) is 24.0 Å². The van der Waals surface area contributed by atoms with Crippen LogP contribution in [0, 0.1) is 6.92 Å². The molecule has 4 rings (SSSR count). The fourth-order valence-electron chi connectivity index (χ4n) is 9.40. The Morgan fingerprint density at radius 3 is 1.30 bits per heavy atom. The lowest BCUT2D eigenvalue weighted by molar-refractivity contribution is -0.147. The maximum Gasteiger partial charge on any atom is 0.345 e. The smallest absolute Gasteiger partial charge is 0.345 e. The van der Waals surface area contributed by atoms with E-state index in [-0.39, 0.29) is 24.5 Å². The standard InChI is InChI=1S/C61H94N4O5/c1-5-7-9-11-13-15-17-19-21-23-25-27-29-31-33-37-45-69-60(67)55(61(68)70-46-38-34-32-30-28-26-24-22-20-18-16-14-12-10-8-6-2)49-52-41-43-54(44-42-52)64(4)50-53-47-51(3)48-58(59(53)66)65-62-56-39-35-36-40-57(56)63-65/h35-36,39-44,47-49,66H,5-34,37-38,45-46,50H2,1-4H3. The SMILES string of the molecule is CCCCCCCCCCCCCCCCCCOC(=O)C(=Cc1ccc(N(C)Cc2cc(C)cc(-n3nc4ccccc4n3)c2O)cc1)C(=O)OCCCCCCCCCCCCCCCCCC. The first kappa shape index (κ1) is 57.9. The van der Waals surface area contributed by atoms with Crippen molar-refractivity contribution in [3.05, 3.63) is 82.9 Å². The number of phenolic OH excluding ortho intramolecular Hbond substituents is 1. The number of fused-ring (bicyclic) bond motifs is 1. The van der Waals surface area contributed by atoms with Crippen molar-refractivity contribution >= 4 is 34.7 Å². The second kappa shape index (κ2) is 36.3. The highest BCUT2D eigenvalue weighted by Crippen LogP contribution is 2.30. The van der Waals surface area contributed by atoms with Gasteiger partial charge in [-0.2, -0.15) is 0 Å². The summed E-state index contributed by atoms with van der Waals surface area (Å²) in [6.45, 7) is 7.54. The number of benzene rings is 3. The number of anilines is 1. The number of esters is 2. The molecule has 0 atom stereocenters. The predicted octanol–water partition coefficient (Wildman–Crippen LogP) is 17.1. The summed E-state index contributed by atoms with van der Waals surface area (Å²) < 4.78 is 11.4. The average Bonchev–Trinajstić information content (AvgIpc) is 3.80. The molecule has 0 aliphatic heterocycles. The lowest BCUT2D eigenvalue weighted by atomic mass is 10.0. The van der Waals surface area contributed by atoms with E-state index in [1.165, 1.54) is 172 Å². The van der Waals surface area contributed by atoms with Gasteiger partial charge in [0.25, 0.3) is 0 Å². The summed E-state index contributed by atoms with van der Waals surface area (Å²) in [5.74, 6) is -1.15. The van der Waals surface area contributed by atoms with Gasteiger partial charge in [0, 0.05) is 24.8 Å². The van der Waals surface area contributed by atoms with Crippen molar-refractivity contribution in [3.63, 3.8) is 0 Å². The van der Waals surface area contributed by atoms with E-state index in [9.17, 15) is 14.7 Å². The molecular formula is C61H94N4O5. The summed E-state index contributed by atoms with van der Waals surface area (Å²) in [4.78, 5) is 30.6. The minimum Gasteiger partial charge on any atom is -0.505 e. The molecule has 0 bridgehead atoms. The maximum absolute atomic E-state index is 13.5. The van der Waals surface area contributed by atoms with Crippen LogP contribution in [-0.2, 0) is 25.6 Å². The minimum absolute atomic E-state index is 0.0776. The number of hydrogen-bond donors (Lipinski definition) is 1. The first-order valence-electron chi connectivity index (χ1n) is 28.3. The third-order valence-corrected chi connectivity index (χ3v) is 13.8. The number of hydrogen-bond acceptors (Lipinski definition) is 8. The molecule has 0 saturated heterocycles. The number of carbonyl (C=O) groups excluding carboxylic acids is 2. The van der Waals surface area contributed by atoms with Crippen LogP contribution in [0.1, 0.15) is 236 Å². The minimum atomic E-state index is -0.635. The first-order chi connectivity index (χ1) is 34.3. The lowest BCUT2D eigenvalue weighted by Gasteiger charge is -2.21. The molecule has 70 heavy (non-hydrogen) atoms. The van der Waals surface area contributed by atoms with E-state index in [0.717, 1.165) is 66.4 Å². The molecule has 0 radical (unpaired) electrons. The number of unbranched alkanes of at least 4 members (excludes halogenated alkanes) is 30. The van der Waals surface area contributed by atoms with Crippen LogP contribution in [0.15, 0.2) is 66.2 Å². The number of aromatic nitrogens is 3. The summed E-state index contributed by atoms with van der Waals surface area (Å²) in [5.41, 5.74) is 5.28. The quantitative estimate of drug-likeness (QED) is 0.0154. The van der Waals surface area contributed by atoms with Crippen molar-refractivity contribution in [1.82, 2.24) is 15.0 Å². The molecule has 1 N–H and O–H groups in total. The number of aromatic hydroxyl groups is 1. The van der Waals surface area contributed by atoms with Gasteiger partial charge in [-0.05, 0) is 67.3 Å². The van der Waals surface area contributed by atoms with Gasteiger partial charge in [-0.3, -0.25) is 0 Å². The molecule has 9 heteroatoms. The van der Waals surface area contributed by atoms with Gasteiger partial charge in [-0.1, -0.05) is 237 Å². The second-order valence-electron chi connectivity index (χ2n) is 20.2. The van der Waals surface area contributed by atoms with Crippen LogP contribution in [0.25, 0.3) is 22.8 Å². The number of rotatable bonds is 41. The van der Waals surface area contributed by atoms with Crippen LogP contribution < -0.4 is 4.90 Å². The van der Waals surface area contributed by atoms with E-state index in [0.29, 0.717) is 17.8 Å². The number of nitrogens with zero attached hydrogens (tertiary/aromatic N) is 4. The monoisotopic (exact) mass is 963 g/mol. The van der Waals surface area contributed by atoms with Gasteiger partial charge in [0.05, 0.1) is 13.2 Å². The van der Waals surface area contributed by atoms with Crippen LogP contribution in [0.4, 0.5) is 5.69 Å². The predicted molar refractivity (Wildman–Crippen MR) is 293 cm³/mol. The summed E-state index contributed by atoms with van der Waals surface area (Å²) in [7, 11) is 1.96. The third-order valence-electron chi connectivity index (χ3n) is 13.8. The highest BCUT2D eigenvalue weighted by Gasteiger charge is 2.22. The first-order valence-corrected chi connectivity index (χ1v) is 28.3. The van der Waals surface area contributed by atoms with Crippen molar-refractivity contribution in [2.24, 2.45) is 0 Å². The molecule has 0 saturated carbocycles. The molecule has 0 spiro atoms. The molecule has 4 aromatic rings. The Labute approximate surface area is 424 Å². The molecule has 0 aliphatic rings. The molecular weight excluding hydrogens is 869 g/mol. The molecule has 0 unspecified atom stereocenters. The van der Waals surface area contributed by atoms with Gasteiger partial charge in [0.1, 0.15) is 28.0 Å². The van der Waals surface area contributed by atoms with Gasteiger partial charge in [-0.25, -0.2) is 9.59 Å². The van der Waals surface area contributed by atoms with Gasteiger partial charge in [0.15, 0.2) is 0 Å². The van der Waals surface area contributed by atoms with Crippen molar-refractivity contribution in [3.8, 4) is 11.4 Å².